The molecule has 1 N–H and O–H groups in total. The Hall–Kier alpha value is -1.05. The van der Waals surface area contributed by atoms with E-state index >= 15 is 0 Å². The molecule has 1 saturated carbocycles. The lowest BCUT2D eigenvalue weighted by atomic mass is 9.89. The molecule has 0 atom stereocenters. The van der Waals surface area contributed by atoms with Gasteiger partial charge in [-0.3, -0.25) is 0 Å². The van der Waals surface area contributed by atoms with Crippen molar-refractivity contribution in [2.75, 3.05) is 11.9 Å². The highest BCUT2D eigenvalue weighted by Gasteiger charge is 2.28. The summed E-state index contributed by atoms with van der Waals surface area (Å²) < 4.78 is 0. The molecule has 2 heteroatoms. The summed E-state index contributed by atoms with van der Waals surface area (Å²) in [6, 6.07) is 5.99. The van der Waals surface area contributed by atoms with E-state index in [1.165, 1.54) is 25.7 Å². The Morgan fingerprint density at radius 1 is 1.36 bits per heavy atom. The first-order valence-corrected chi connectivity index (χ1v) is 5.43. The van der Waals surface area contributed by atoms with E-state index in [-0.39, 0.29) is 0 Å². The van der Waals surface area contributed by atoms with Gasteiger partial charge in [-0.1, -0.05) is 25.8 Å². The smallest absolute Gasteiger partial charge is 0.125 e. The third kappa shape index (κ3) is 2.25. The first-order chi connectivity index (χ1) is 6.79. The second-order valence-electron chi connectivity index (χ2n) is 4.59. The number of nitrogens with zero attached hydrogens (tertiary/aromatic N) is 1. The van der Waals surface area contributed by atoms with Crippen molar-refractivity contribution in [2.24, 2.45) is 5.41 Å². The molecular weight excluding hydrogens is 172 g/mol. The quantitative estimate of drug-likeness (QED) is 0.792. The van der Waals surface area contributed by atoms with Crippen LogP contribution < -0.4 is 5.32 Å². The molecule has 0 saturated heterocycles. The van der Waals surface area contributed by atoms with Crippen LogP contribution in [0.1, 0.15) is 32.6 Å². The summed E-state index contributed by atoms with van der Waals surface area (Å²) in [5.74, 6) is 1.00. The van der Waals surface area contributed by atoms with Crippen molar-refractivity contribution in [3.63, 3.8) is 0 Å². The summed E-state index contributed by atoms with van der Waals surface area (Å²) >= 11 is 0. The average molecular weight is 190 g/mol. The van der Waals surface area contributed by atoms with Crippen molar-refractivity contribution in [1.82, 2.24) is 4.98 Å². The van der Waals surface area contributed by atoms with E-state index in [4.69, 9.17) is 0 Å². The number of aromatic nitrogens is 1. The van der Waals surface area contributed by atoms with E-state index in [2.05, 4.69) is 17.2 Å². The number of rotatable bonds is 3. The highest BCUT2D eigenvalue weighted by Crippen LogP contribution is 2.37. The molecule has 76 valence electrons. The fourth-order valence-corrected chi connectivity index (χ4v) is 2.18. The Bertz CT molecular complexity index is 276. The molecule has 1 aliphatic carbocycles. The second kappa shape index (κ2) is 3.99. The van der Waals surface area contributed by atoms with Crippen LogP contribution >= 0.6 is 0 Å². The van der Waals surface area contributed by atoms with Gasteiger partial charge in [0.25, 0.3) is 0 Å². The van der Waals surface area contributed by atoms with Gasteiger partial charge in [0, 0.05) is 12.7 Å². The Balaban J connectivity index is 1.88. The average Bonchev–Trinajstić information content (AvgIpc) is 2.65. The molecule has 0 aromatic carbocycles. The molecule has 0 bridgehead atoms. The molecule has 0 amide bonds. The zero-order chi connectivity index (χ0) is 9.86. The van der Waals surface area contributed by atoms with Crippen LogP contribution in [0.2, 0.25) is 0 Å². The first-order valence-electron chi connectivity index (χ1n) is 5.43. The Labute approximate surface area is 85.7 Å². The minimum atomic E-state index is 0.498. The van der Waals surface area contributed by atoms with Gasteiger partial charge >= 0.3 is 0 Å². The molecule has 2 nitrogen and oxygen atoms in total. The van der Waals surface area contributed by atoms with E-state index in [0.29, 0.717) is 5.41 Å². The van der Waals surface area contributed by atoms with Crippen molar-refractivity contribution in [2.45, 2.75) is 32.6 Å². The molecule has 1 aliphatic rings. The number of anilines is 1. The van der Waals surface area contributed by atoms with E-state index in [9.17, 15) is 0 Å². The minimum absolute atomic E-state index is 0.498. The summed E-state index contributed by atoms with van der Waals surface area (Å²) in [6.45, 7) is 3.43. The lowest BCUT2D eigenvalue weighted by Gasteiger charge is -2.23. The maximum absolute atomic E-state index is 4.26. The van der Waals surface area contributed by atoms with Gasteiger partial charge in [-0.2, -0.15) is 0 Å². The molecule has 1 fully saturated rings. The monoisotopic (exact) mass is 190 g/mol. The largest absolute Gasteiger partial charge is 0.370 e. The fourth-order valence-electron chi connectivity index (χ4n) is 2.18. The normalized spacial score (nSPS) is 19.5. The highest BCUT2D eigenvalue weighted by atomic mass is 15.0. The van der Waals surface area contributed by atoms with Gasteiger partial charge in [0.1, 0.15) is 5.82 Å². The van der Waals surface area contributed by atoms with Gasteiger partial charge in [-0.15, -0.1) is 0 Å². The molecular formula is C12H18N2. The Morgan fingerprint density at radius 2 is 2.14 bits per heavy atom. The van der Waals surface area contributed by atoms with Crippen molar-refractivity contribution in [3.8, 4) is 0 Å². The summed E-state index contributed by atoms with van der Waals surface area (Å²) in [5, 5.41) is 3.42. The Morgan fingerprint density at radius 3 is 2.79 bits per heavy atom. The number of hydrogen-bond donors (Lipinski definition) is 1. The third-order valence-electron chi connectivity index (χ3n) is 3.17. The van der Waals surface area contributed by atoms with Crippen LogP contribution in [0, 0.1) is 5.41 Å². The van der Waals surface area contributed by atoms with Crippen molar-refractivity contribution in [3.05, 3.63) is 24.4 Å². The van der Waals surface area contributed by atoms with E-state index in [1.807, 2.05) is 24.4 Å². The molecule has 1 aromatic heterocycles. The van der Waals surface area contributed by atoms with Gasteiger partial charge in [-0.25, -0.2) is 4.98 Å². The van der Waals surface area contributed by atoms with Crippen LogP contribution in [0.5, 0.6) is 0 Å². The maximum Gasteiger partial charge on any atom is 0.125 e. The molecule has 0 unspecified atom stereocenters. The van der Waals surface area contributed by atoms with Crippen LogP contribution in [-0.2, 0) is 0 Å². The first kappa shape index (κ1) is 9.50. The summed E-state index contributed by atoms with van der Waals surface area (Å²) in [4.78, 5) is 4.26. The molecule has 1 aromatic rings. The zero-order valence-electron chi connectivity index (χ0n) is 8.79. The topological polar surface area (TPSA) is 24.9 Å². The van der Waals surface area contributed by atoms with Crippen molar-refractivity contribution in [1.29, 1.82) is 0 Å². The van der Waals surface area contributed by atoms with Crippen LogP contribution in [0.3, 0.4) is 0 Å². The van der Waals surface area contributed by atoms with Crippen molar-refractivity contribution < 1.29 is 0 Å². The predicted octanol–water partition coefficient (Wildman–Crippen LogP) is 3.07. The van der Waals surface area contributed by atoms with Gasteiger partial charge in [0.15, 0.2) is 0 Å². The van der Waals surface area contributed by atoms with Gasteiger partial charge in [-0.05, 0) is 30.4 Å². The molecule has 14 heavy (non-hydrogen) atoms. The van der Waals surface area contributed by atoms with Crippen LogP contribution in [0.4, 0.5) is 5.82 Å². The zero-order valence-corrected chi connectivity index (χ0v) is 8.79. The molecule has 0 radical (unpaired) electrons. The van der Waals surface area contributed by atoms with Gasteiger partial charge < -0.3 is 5.32 Å². The number of hydrogen-bond acceptors (Lipinski definition) is 2. The minimum Gasteiger partial charge on any atom is -0.370 e. The molecule has 2 rings (SSSR count). The SMILES string of the molecule is CC1(CNc2ccccn2)CCCC1. The van der Waals surface area contributed by atoms with Gasteiger partial charge in [0.2, 0.25) is 0 Å². The summed E-state index contributed by atoms with van der Waals surface area (Å²) in [5.41, 5.74) is 0.498. The van der Waals surface area contributed by atoms with E-state index in [1.54, 1.807) is 0 Å². The summed E-state index contributed by atoms with van der Waals surface area (Å²) in [7, 11) is 0. The van der Waals surface area contributed by atoms with Gasteiger partial charge in [0.05, 0.1) is 0 Å². The standard InChI is InChI=1S/C12H18N2/c1-12(7-3-4-8-12)10-14-11-6-2-5-9-13-11/h2,5-6,9H,3-4,7-8,10H2,1H3,(H,13,14). The number of pyridine rings is 1. The van der Waals surface area contributed by atoms with E-state index < -0.39 is 0 Å². The summed E-state index contributed by atoms with van der Waals surface area (Å²) in [6.07, 6.45) is 7.32. The number of nitrogens with one attached hydrogen (secondary N) is 1. The lowest BCUT2D eigenvalue weighted by molar-refractivity contribution is 0.361. The second-order valence-corrected chi connectivity index (χ2v) is 4.59. The van der Waals surface area contributed by atoms with Crippen LogP contribution in [-0.4, -0.2) is 11.5 Å². The lowest BCUT2D eigenvalue weighted by Crippen LogP contribution is -2.23. The molecule has 0 aliphatic heterocycles. The molecule has 0 spiro atoms. The van der Waals surface area contributed by atoms with Crippen LogP contribution in [0.25, 0.3) is 0 Å². The van der Waals surface area contributed by atoms with Crippen molar-refractivity contribution >= 4 is 5.82 Å². The maximum atomic E-state index is 4.26. The van der Waals surface area contributed by atoms with E-state index in [0.717, 1.165) is 12.4 Å². The molecule has 1 heterocycles. The highest BCUT2D eigenvalue weighted by molar-refractivity contribution is 5.33. The fraction of sp³-hybridized carbons (Fsp3) is 0.583. The Kier molecular flexibility index (Phi) is 2.71. The third-order valence-corrected chi connectivity index (χ3v) is 3.17. The van der Waals surface area contributed by atoms with Crippen LogP contribution in [0.15, 0.2) is 24.4 Å². The predicted molar refractivity (Wildman–Crippen MR) is 59.3 cm³/mol.